The molecule has 0 saturated carbocycles. The Morgan fingerprint density at radius 1 is 1.16 bits per heavy atom. The monoisotopic (exact) mass is 336 g/mol. The van der Waals surface area contributed by atoms with Gasteiger partial charge in [0.15, 0.2) is 0 Å². The zero-order valence-corrected chi connectivity index (χ0v) is 14.9. The number of aryl methyl sites for hydroxylation is 2. The van der Waals surface area contributed by atoms with Crippen molar-refractivity contribution in [2.75, 3.05) is 0 Å². The number of aromatic amines is 1. The number of amides is 2. The van der Waals surface area contributed by atoms with Crippen LogP contribution in [0.25, 0.3) is 11.0 Å². The van der Waals surface area contributed by atoms with Crippen molar-refractivity contribution in [1.82, 2.24) is 20.6 Å². The van der Waals surface area contributed by atoms with Gasteiger partial charge in [-0.25, -0.2) is 9.78 Å². The molecule has 3 N–H and O–H groups in total. The van der Waals surface area contributed by atoms with Gasteiger partial charge in [-0.05, 0) is 44.9 Å². The highest BCUT2D eigenvalue weighted by Crippen LogP contribution is 2.11. The van der Waals surface area contributed by atoms with Gasteiger partial charge in [-0.2, -0.15) is 0 Å². The maximum Gasteiger partial charge on any atom is 0.315 e. The Morgan fingerprint density at radius 3 is 2.60 bits per heavy atom. The van der Waals surface area contributed by atoms with Gasteiger partial charge >= 0.3 is 6.03 Å². The number of imidazole rings is 1. The molecule has 1 atom stereocenters. The average molecular weight is 336 g/mol. The Kier molecular flexibility index (Phi) is 5.03. The molecule has 0 aliphatic heterocycles. The van der Waals surface area contributed by atoms with Gasteiger partial charge < -0.3 is 15.6 Å². The average Bonchev–Trinajstić information content (AvgIpc) is 2.94. The van der Waals surface area contributed by atoms with Gasteiger partial charge in [0.1, 0.15) is 5.82 Å². The number of rotatable bonds is 5. The van der Waals surface area contributed by atoms with Crippen molar-refractivity contribution in [3.63, 3.8) is 0 Å². The van der Waals surface area contributed by atoms with E-state index in [0.29, 0.717) is 6.54 Å². The summed E-state index contributed by atoms with van der Waals surface area (Å²) in [6.45, 7) is 6.57. The predicted molar refractivity (Wildman–Crippen MR) is 101 cm³/mol. The summed E-state index contributed by atoms with van der Waals surface area (Å²) in [6.07, 6.45) is 0.806. The van der Waals surface area contributed by atoms with Crippen LogP contribution in [0.4, 0.5) is 4.79 Å². The first-order valence-electron chi connectivity index (χ1n) is 8.55. The number of carbonyl (C=O) groups excluding carboxylic acids is 1. The molecule has 5 heteroatoms. The molecule has 0 bridgehead atoms. The minimum Gasteiger partial charge on any atom is -0.340 e. The second-order valence-electron chi connectivity index (χ2n) is 6.63. The lowest BCUT2D eigenvalue weighted by Gasteiger charge is -2.15. The van der Waals surface area contributed by atoms with E-state index in [1.165, 1.54) is 16.7 Å². The molecule has 5 nitrogen and oxygen atoms in total. The van der Waals surface area contributed by atoms with Crippen molar-refractivity contribution in [3.05, 3.63) is 65.0 Å². The third kappa shape index (κ3) is 4.59. The number of nitrogens with zero attached hydrogens (tertiary/aromatic N) is 1. The van der Waals surface area contributed by atoms with E-state index in [2.05, 4.69) is 52.6 Å². The number of hydrogen-bond donors (Lipinski definition) is 3. The Bertz CT molecular complexity index is 831. The number of fused-ring (bicyclic) bond motifs is 1. The van der Waals surface area contributed by atoms with Crippen LogP contribution in [-0.4, -0.2) is 22.0 Å². The lowest BCUT2D eigenvalue weighted by molar-refractivity contribution is 0.237. The fourth-order valence-electron chi connectivity index (χ4n) is 3.12. The van der Waals surface area contributed by atoms with Crippen LogP contribution < -0.4 is 10.6 Å². The van der Waals surface area contributed by atoms with Crippen LogP contribution in [0, 0.1) is 13.8 Å². The Hall–Kier alpha value is -2.82. The fourth-order valence-corrected chi connectivity index (χ4v) is 3.12. The van der Waals surface area contributed by atoms with Crippen LogP contribution in [-0.2, 0) is 13.0 Å². The Labute approximate surface area is 147 Å². The van der Waals surface area contributed by atoms with Crippen molar-refractivity contribution < 1.29 is 4.79 Å². The van der Waals surface area contributed by atoms with Crippen molar-refractivity contribution in [2.24, 2.45) is 0 Å². The lowest BCUT2D eigenvalue weighted by Crippen LogP contribution is -2.41. The first-order chi connectivity index (χ1) is 12.0. The van der Waals surface area contributed by atoms with Gasteiger partial charge in [-0.15, -0.1) is 0 Å². The third-order valence-corrected chi connectivity index (χ3v) is 4.06. The maximum absolute atomic E-state index is 12.1. The van der Waals surface area contributed by atoms with E-state index in [1.54, 1.807) is 0 Å². The van der Waals surface area contributed by atoms with Gasteiger partial charge in [0.2, 0.25) is 0 Å². The molecule has 0 aliphatic rings. The highest BCUT2D eigenvalue weighted by atomic mass is 16.2. The topological polar surface area (TPSA) is 69.8 Å². The standard InChI is InChI=1S/C20H24N4O/c1-13-8-14(2)10-16(9-13)11-15(3)22-20(25)21-12-19-23-17-6-4-5-7-18(17)24-19/h4-10,15H,11-12H2,1-3H3,(H,23,24)(H2,21,22,25)/t15-/m1/s1. The zero-order valence-electron chi connectivity index (χ0n) is 14.9. The number of urea groups is 1. The van der Waals surface area contributed by atoms with Crippen LogP contribution in [0.1, 0.15) is 29.4 Å². The van der Waals surface area contributed by atoms with Crippen LogP contribution in [0.3, 0.4) is 0 Å². The number of benzene rings is 2. The number of H-pyrrole nitrogens is 1. The molecule has 0 fully saturated rings. The highest BCUT2D eigenvalue weighted by Gasteiger charge is 2.09. The van der Waals surface area contributed by atoms with Gasteiger partial charge in [0.25, 0.3) is 0 Å². The molecule has 2 aromatic carbocycles. The Morgan fingerprint density at radius 2 is 1.88 bits per heavy atom. The third-order valence-electron chi connectivity index (χ3n) is 4.06. The van der Waals surface area contributed by atoms with E-state index in [1.807, 2.05) is 31.2 Å². The number of hydrogen-bond acceptors (Lipinski definition) is 2. The molecule has 130 valence electrons. The molecular formula is C20H24N4O. The van der Waals surface area contributed by atoms with Gasteiger partial charge in [-0.3, -0.25) is 0 Å². The molecule has 1 heterocycles. The first kappa shape index (κ1) is 17.0. The van der Waals surface area contributed by atoms with E-state index in [0.717, 1.165) is 23.3 Å². The number of nitrogens with one attached hydrogen (secondary N) is 3. The van der Waals surface area contributed by atoms with Crippen molar-refractivity contribution in [2.45, 2.75) is 39.8 Å². The number of aromatic nitrogens is 2. The molecule has 0 spiro atoms. The van der Waals surface area contributed by atoms with E-state index in [9.17, 15) is 4.79 Å². The smallest absolute Gasteiger partial charge is 0.315 e. The zero-order chi connectivity index (χ0) is 17.8. The molecule has 3 aromatic rings. The normalized spacial score (nSPS) is 12.1. The van der Waals surface area contributed by atoms with Crippen molar-refractivity contribution in [1.29, 1.82) is 0 Å². The second kappa shape index (κ2) is 7.38. The summed E-state index contributed by atoms with van der Waals surface area (Å²) in [5.41, 5.74) is 5.61. The van der Waals surface area contributed by atoms with Crippen LogP contribution >= 0.6 is 0 Å². The van der Waals surface area contributed by atoms with Gasteiger partial charge in [0, 0.05) is 6.04 Å². The van der Waals surface area contributed by atoms with Crippen LogP contribution in [0.2, 0.25) is 0 Å². The number of para-hydroxylation sites is 2. The molecule has 0 aliphatic carbocycles. The van der Waals surface area contributed by atoms with E-state index < -0.39 is 0 Å². The largest absolute Gasteiger partial charge is 0.340 e. The molecule has 1 aromatic heterocycles. The molecule has 0 unspecified atom stereocenters. The summed E-state index contributed by atoms with van der Waals surface area (Å²) in [7, 11) is 0. The van der Waals surface area contributed by atoms with E-state index >= 15 is 0 Å². The van der Waals surface area contributed by atoms with Gasteiger partial charge in [0.05, 0.1) is 17.6 Å². The maximum atomic E-state index is 12.1. The molecule has 2 amide bonds. The van der Waals surface area contributed by atoms with Crippen LogP contribution in [0.15, 0.2) is 42.5 Å². The molecule has 0 saturated heterocycles. The Balaban J connectivity index is 1.51. The molecule has 0 radical (unpaired) electrons. The molecule has 25 heavy (non-hydrogen) atoms. The van der Waals surface area contributed by atoms with Crippen LogP contribution in [0.5, 0.6) is 0 Å². The van der Waals surface area contributed by atoms with Gasteiger partial charge in [-0.1, -0.05) is 41.5 Å². The fraction of sp³-hybridized carbons (Fsp3) is 0.300. The summed E-state index contributed by atoms with van der Waals surface area (Å²) in [6, 6.07) is 14.2. The summed E-state index contributed by atoms with van der Waals surface area (Å²) < 4.78 is 0. The summed E-state index contributed by atoms with van der Waals surface area (Å²) in [4.78, 5) is 19.8. The van der Waals surface area contributed by atoms with Crippen molar-refractivity contribution in [3.8, 4) is 0 Å². The summed E-state index contributed by atoms with van der Waals surface area (Å²) in [5, 5.41) is 5.84. The lowest BCUT2D eigenvalue weighted by atomic mass is 10.0. The van der Waals surface area contributed by atoms with E-state index in [4.69, 9.17) is 0 Å². The molecule has 3 rings (SSSR count). The summed E-state index contributed by atoms with van der Waals surface area (Å²) in [5.74, 6) is 0.748. The summed E-state index contributed by atoms with van der Waals surface area (Å²) >= 11 is 0. The second-order valence-corrected chi connectivity index (χ2v) is 6.63. The highest BCUT2D eigenvalue weighted by molar-refractivity contribution is 5.76. The number of carbonyl (C=O) groups is 1. The van der Waals surface area contributed by atoms with E-state index in [-0.39, 0.29) is 12.1 Å². The molecular weight excluding hydrogens is 312 g/mol. The van der Waals surface area contributed by atoms with Crippen molar-refractivity contribution >= 4 is 17.1 Å². The minimum absolute atomic E-state index is 0.0527. The quantitative estimate of drug-likeness (QED) is 0.666. The predicted octanol–water partition coefficient (Wildman–Crippen LogP) is 3.61. The minimum atomic E-state index is -0.183. The SMILES string of the molecule is Cc1cc(C)cc(C[C@@H](C)NC(=O)NCc2nc3ccccc3[nH]2)c1. The first-order valence-corrected chi connectivity index (χ1v) is 8.55.